The Morgan fingerprint density at radius 1 is 1.05 bits per heavy atom. The van der Waals surface area contributed by atoms with Crippen LogP contribution in [0.3, 0.4) is 0 Å². The number of aryl methyl sites for hydroxylation is 1. The van der Waals surface area contributed by atoms with E-state index in [9.17, 15) is 4.39 Å². The number of aromatic nitrogens is 2. The molecule has 0 unspecified atom stereocenters. The highest BCUT2D eigenvalue weighted by molar-refractivity contribution is 5.46. The SMILES string of the molecule is Fc1ccccc1CCNc1ncnc2c1CCCCC2. The molecule has 1 aliphatic carbocycles. The van der Waals surface area contributed by atoms with Gasteiger partial charge in [-0.1, -0.05) is 24.6 Å². The van der Waals surface area contributed by atoms with Gasteiger partial charge in [-0.05, 0) is 43.7 Å². The Morgan fingerprint density at radius 3 is 2.81 bits per heavy atom. The van der Waals surface area contributed by atoms with Crippen molar-refractivity contribution in [1.82, 2.24) is 9.97 Å². The number of fused-ring (bicyclic) bond motifs is 1. The van der Waals surface area contributed by atoms with E-state index in [4.69, 9.17) is 0 Å². The van der Waals surface area contributed by atoms with Gasteiger partial charge in [0.05, 0.1) is 0 Å². The topological polar surface area (TPSA) is 37.8 Å². The first kappa shape index (κ1) is 14.0. The average molecular weight is 285 g/mol. The second-order valence-corrected chi connectivity index (χ2v) is 5.48. The zero-order valence-electron chi connectivity index (χ0n) is 12.1. The van der Waals surface area contributed by atoms with Crippen molar-refractivity contribution in [2.45, 2.75) is 38.5 Å². The van der Waals surface area contributed by atoms with Gasteiger partial charge in [-0.3, -0.25) is 0 Å². The lowest BCUT2D eigenvalue weighted by atomic mass is 10.1. The van der Waals surface area contributed by atoms with Crippen LogP contribution in [0.25, 0.3) is 0 Å². The summed E-state index contributed by atoms with van der Waals surface area (Å²) in [6.45, 7) is 0.685. The van der Waals surface area contributed by atoms with Gasteiger partial charge < -0.3 is 5.32 Å². The van der Waals surface area contributed by atoms with Gasteiger partial charge in [0.25, 0.3) is 0 Å². The largest absolute Gasteiger partial charge is 0.369 e. The van der Waals surface area contributed by atoms with Gasteiger partial charge in [0.15, 0.2) is 0 Å². The summed E-state index contributed by atoms with van der Waals surface area (Å²) >= 11 is 0. The predicted octanol–water partition coefficient (Wildman–Crippen LogP) is 3.54. The van der Waals surface area contributed by atoms with Crippen molar-refractivity contribution >= 4 is 5.82 Å². The maximum atomic E-state index is 13.6. The molecule has 1 aliphatic rings. The summed E-state index contributed by atoms with van der Waals surface area (Å²) in [5, 5.41) is 3.36. The molecule has 0 spiro atoms. The molecule has 2 aromatic rings. The summed E-state index contributed by atoms with van der Waals surface area (Å²) < 4.78 is 13.6. The first-order valence-electron chi connectivity index (χ1n) is 7.64. The molecule has 0 atom stereocenters. The summed E-state index contributed by atoms with van der Waals surface area (Å²) in [7, 11) is 0. The summed E-state index contributed by atoms with van der Waals surface area (Å²) in [5.41, 5.74) is 3.17. The number of hydrogen-bond acceptors (Lipinski definition) is 3. The van der Waals surface area contributed by atoms with Crippen LogP contribution in [-0.4, -0.2) is 16.5 Å². The van der Waals surface area contributed by atoms with Gasteiger partial charge >= 0.3 is 0 Å². The summed E-state index contributed by atoms with van der Waals surface area (Å²) in [4.78, 5) is 8.78. The monoisotopic (exact) mass is 285 g/mol. The molecule has 1 aromatic heterocycles. The molecule has 3 rings (SSSR count). The second-order valence-electron chi connectivity index (χ2n) is 5.48. The number of hydrogen-bond donors (Lipinski definition) is 1. The minimum absolute atomic E-state index is 0.138. The summed E-state index contributed by atoms with van der Waals surface area (Å²) in [6.07, 6.45) is 8.03. The average Bonchev–Trinajstić information content (AvgIpc) is 2.75. The number of rotatable bonds is 4. The fraction of sp³-hybridized carbons (Fsp3) is 0.412. The lowest BCUT2D eigenvalue weighted by molar-refractivity contribution is 0.610. The van der Waals surface area contributed by atoms with E-state index < -0.39 is 0 Å². The first-order chi connectivity index (χ1) is 10.3. The van der Waals surface area contributed by atoms with Crippen molar-refractivity contribution in [3.8, 4) is 0 Å². The molecular formula is C17H20FN3. The summed E-state index contributed by atoms with van der Waals surface area (Å²) in [6, 6.07) is 6.93. The van der Waals surface area contributed by atoms with Crippen molar-refractivity contribution < 1.29 is 4.39 Å². The molecule has 4 heteroatoms. The fourth-order valence-electron chi connectivity index (χ4n) is 2.87. The van der Waals surface area contributed by atoms with Gasteiger partial charge in [0.1, 0.15) is 18.0 Å². The molecule has 1 N–H and O–H groups in total. The maximum absolute atomic E-state index is 13.6. The minimum atomic E-state index is -0.138. The lowest BCUT2D eigenvalue weighted by Gasteiger charge is -2.12. The maximum Gasteiger partial charge on any atom is 0.132 e. The van der Waals surface area contributed by atoms with E-state index in [1.54, 1.807) is 12.4 Å². The normalized spacial score (nSPS) is 14.3. The van der Waals surface area contributed by atoms with E-state index in [2.05, 4.69) is 15.3 Å². The van der Waals surface area contributed by atoms with Crippen LogP contribution in [0.15, 0.2) is 30.6 Å². The molecule has 0 radical (unpaired) electrons. The van der Waals surface area contributed by atoms with Crippen LogP contribution in [0.1, 0.15) is 36.1 Å². The fourth-order valence-corrected chi connectivity index (χ4v) is 2.87. The molecule has 1 heterocycles. The first-order valence-corrected chi connectivity index (χ1v) is 7.64. The molecular weight excluding hydrogens is 265 g/mol. The number of halogens is 1. The number of anilines is 1. The van der Waals surface area contributed by atoms with Gasteiger partial charge in [-0.25, -0.2) is 14.4 Å². The third kappa shape index (κ3) is 3.38. The van der Waals surface area contributed by atoms with E-state index >= 15 is 0 Å². The molecule has 21 heavy (non-hydrogen) atoms. The van der Waals surface area contributed by atoms with E-state index in [1.165, 1.54) is 36.6 Å². The highest BCUT2D eigenvalue weighted by Crippen LogP contribution is 2.23. The number of nitrogens with one attached hydrogen (secondary N) is 1. The molecule has 3 nitrogen and oxygen atoms in total. The van der Waals surface area contributed by atoms with Gasteiger partial charge in [0.2, 0.25) is 0 Å². The predicted molar refractivity (Wildman–Crippen MR) is 81.9 cm³/mol. The van der Waals surface area contributed by atoms with Crippen LogP contribution in [-0.2, 0) is 19.3 Å². The van der Waals surface area contributed by atoms with E-state index in [0.29, 0.717) is 13.0 Å². The number of benzene rings is 1. The Kier molecular flexibility index (Phi) is 4.43. The van der Waals surface area contributed by atoms with Crippen LogP contribution in [0, 0.1) is 5.82 Å². The molecule has 0 amide bonds. The zero-order valence-corrected chi connectivity index (χ0v) is 12.1. The van der Waals surface area contributed by atoms with Crippen molar-refractivity contribution in [3.05, 3.63) is 53.2 Å². The molecule has 110 valence electrons. The third-order valence-corrected chi connectivity index (χ3v) is 4.02. The van der Waals surface area contributed by atoms with E-state index in [0.717, 1.165) is 24.2 Å². The van der Waals surface area contributed by atoms with Crippen LogP contribution < -0.4 is 5.32 Å². The van der Waals surface area contributed by atoms with Crippen LogP contribution >= 0.6 is 0 Å². The standard InChI is InChI=1S/C17H20FN3/c18-15-8-5-4-6-13(15)10-11-19-17-14-7-2-1-3-9-16(14)20-12-21-17/h4-6,8,12H,1-3,7,9-11H2,(H,19,20,21). The Hall–Kier alpha value is -1.97. The molecule has 0 bridgehead atoms. The molecule has 0 fully saturated rings. The summed E-state index contributed by atoms with van der Waals surface area (Å²) in [5.74, 6) is 0.791. The van der Waals surface area contributed by atoms with Crippen molar-refractivity contribution in [1.29, 1.82) is 0 Å². The van der Waals surface area contributed by atoms with Gasteiger partial charge in [-0.15, -0.1) is 0 Å². The Balaban J connectivity index is 1.67. The van der Waals surface area contributed by atoms with Crippen molar-refractivity contribution in [2.24, 2.45) is 0 Å². The Bertz CT molecular complexity index is 613. The molecule has 0 saturated carbocycles. The second kappa shape index (κ2) is 6.66. The smallest absolute Gasteiger partial charge is 0.132 e. The molecule has 0 aliphatic heterocycles. The minimum Gasteiger partial charge on any atom is -0.369 e. The Labute approximate surface area is 124 Å². The van der Waals surface area contributed by atoms with Gasteiger partial charge in [-0.2, -0.15) is 0 Å². The van der Waals surface area contributed by atoms with Crippen molar-refractivity contribution in [2.75, 3.05) is 11.9 Å². The van der Waals surface area contributed by atoms with E-state index in [1.807, 2.05) is 12.1 Å². The highest BCUT2D eigenvalue weighted by atomic mass is 19.1. The Morgan fingerprint density at radius 2 is 1.90 bits per heavy atom. The van der Waals surface area contributed by atoms with E-state index in [-0.39, 0.29) is 5.82 Å². The third-order valence-electron chi connectivity index (χ3n) is 4.02. The number of nitrogens with zero attached hydrogens (tertiary/aromatic N) is 2. The van der Waals surface area contributed by atoms with Crippen LogP contribution in [0.2, 0.25) is 0 Å². The van der Waals surface area contributed by atoms with Gasteiger partial charge in [0, 0.05) is 17.8 Å². The molecule has 1 aromatic carbocycles. The van der Waals surface area contributed by atoms with Crippen LogP contribution in [0.5, 0.6) is 0 Å². The van der Waals surface area contributed by atoms with Crippen molar-refractivity contribution in [3.63, 3.8) is 0 Å². The molecule has 0 saturated heterocycles. The highest BCUT2D eigenvalue weighted by Gasteiger charge is 2.14. The van der Waals surface area contributed by atoms with Crippen LogP contribution in [0.4, 0.5) is 10.2 Å². The zero-order chi connectivity index (χ0) is 14.5. The quantitative estimate of drug-likeness (QED) is 0.873. The lowest BCUT2D eigenvalue weighted by Crippen LogP contribution is -2.11.